The number of carbonyl (C=O) groups is 1. The molecular formula is C24H21FN6OS. The number of rotatable bonds is 9. The minimum atomic E-state index is -0.300. The zero-order valence-corrected chi connectivity index (χ0v) is 18.4. The molecule has 33 heavy (non-hydrogen) atoms. The molecule has 0 aliphatic heterocycles. The van der Waals surface area contributed by atoms with Crippen LogP contribution in [0.15, 0.2) is 95.2 Å². The number of carbonyl (C=O) groups excluding carboxylic acids is 1. The van der Waals surface area contributed by atoms with E-state index in [-0.39, 0.29) is 11.7 Å². The maximum atomic E-state index is 13.0. The highest BCUT2D eigenvalue weighted by Gasteiger charge is 2.17. The van der Waals surface area contributed by atoms with Crippen molar-refractivity contribution in [2.24, 2.45) is 5.10 Å². The molecule has 0 bridgehead atoms. The van der Waals surface area contributed by atoms with Crippen LogP contribution in [0.2, 0.25) is 0 Å². The minimum Gasteiger partial charge on any atom is -0.281 e. The van der Waals surface area contributed by atoms with E-state index in [1.165, 1.54) is 23.9 Å². The second-order valence-corrected chi connectivity index (χ2v) is 7.95. The fourth-order valence-corrected chi connectivity index (χ4v) is 3.74. The van der Waals surface area contributed by atoms with Crippen LogP contribution in [0.4, 0.5) is 21.7 Å². The fraction of sp³-hybridized carbons (Fsp3) is 0.0833. The molecule has 0 aliphatic rings. The molecule has 7 nitrogen and oxygen atoms in total. The van der Waals surface area contributed by atoms with Crippen molar-refractivity contribution >= 4 is 41.2 Å². The number of nitrogens with one attached hydrogen (secondary N) is 2. The first-order valence-electron chi connectivity index (χ1n) is 10.2. The smallest absolute Gasteiger partial charge is 0.240 e. The Labute approximate surface area is 194 Å². The van der Waals surface area contributed by atoms with Crippen LogP contribution < -0.4 is 10.3 Å². The number of thioether (sulfide) groups is 1. The van der Waals surface area contributed by atoms with Crippen LogP contribution in [0, 0.1) is 5.82 Å². The Morgan fingerprint density at radius 3 is 2.27 bits per heavy atom. The monoisotopic (exact) mass is 460 g/mol. The molecule has 9 heteroatoms. The molecule has 4 aromatic rings. The standard InChI is InChI=1S/C24H21FN6OS/c25-19-13-11-18(12-14-19)17-26-28-23-27-24(30-29-23)33-16-15-22(32)31(20-7-3-1-4-8-20)21-9-5-2-6-10-21/h1-14,17H,15-16H2,(H2,27,28,29,30)/b26-17+. The summed E-state index contributed by atoms with van der Waals surface area (Å²) in [6.07, 6.45) is 1.86. The lowest BCUT2D eigenvalue weighted by atomic mass is 10.2. The van der Waals surface area contributed by atoms with Crippen LogP contribution in [-0.2, 0) is 4.79 Å². The lowest BCUT2D eigenvalue weighted by molar-refractivity contribution is -0.117. The number of anilines is 3. The summed E-state index contributed by atoms with van der Waals surface area (Å²) in [4.78, 5) is 19.1. The van der Waals surface area contributed by atoms with Gasteiger partial charge in [-0.05, 0) is 42.0 Å². The normalized spacial score (nSPS) is 10.9. The third-order valence-corrected chi connectivity index (χ3v) is 5.39. The van der Waals surface area contributed by atoms with E-state index in [1.54, 1.807) is 23.2 Å². The van der Waals surface area contributed by atoms with Crippen LogP contribution in [0.25, 0.3) is 0 Å². The van der Waals surface area contributed by atoms with Gasteiger partial charge in [0.05, 0.1) is 6.21 Å². The Balaban J connectivity index is 1.31. The highest BCUT2D eigenvalue weighted by molar-refractivity contribution is 7.99. The molecule has 0 spiro atoms. The first-order valence-corrected chi connectivity index (χ1v) is 11.2. The van der Waals surface area contributed by atoms with Gasteiger partial charge < -0.3 is 0 Å². The van der Waals surface area contributed by atoms with E-state index in [4.69, 9.17) is 0 Å². The quantitative estimate of drug-likeness (QED) is 0.203. The van der Waals surface area contributed by atoms with Crippen molar-refractivity contribution in [2.45, 2.75) is 11.6 Å². The topological polar surface area (TPSA) is 86.3 Å². The number of amides is 1. The van der Waals surface area contributed by atoms with E-state index in [2.05, 4.69) is 25.7 Å². The zero-order chi connectivity index (χ0) is 22.9. The zero-order valence-electron chi connectivity index (χ0n) is 17.6. The van der Waals surface area contributed by atoms with Gasteiger partial charge in [-0.3, -0.25) is 9.69 Å². The predicted octanol–water partition coefficient (Wildman–Crippen LogP) is 5.24. The van der Waals surface area contributed by atoms with Gasteiger partial charge in [0.15, 0.2) is 0 Å². The molecular weight excluding hydrogens is 439 g/mol. The van der Waals surface area contributed by atoms with Crippen molar-refractivity contribution in [3.05, 3.63) is 96.3 Å². The summed E-state index contributed by atoms with van der Waals surface area (Å²) in [5.74, 6) is 0.576. The summed E-state index contributed by atoms with van der Waals surface area (Å²) in [5, 5.41) is 11.4. The number of aromatic nitrogens is 3. The van der Waals surface area contributed by atoms with Gasteiger partial charge in [-0.15, -0.1) is 5.10 Å². The minimum absolute atomic E-state index is 0.0160. The van der Waals surface area contributed by atoms with Gasteiger partial charge in [-0.1, -0.05) is 60.3 Å². The van der Waals surface area contributed by atoms with Crippen LogP contribution in [0.5, 0.6) is 0 Å². The first kappa shape index (κ1) is 22.2. The Bertz CT molecular complexity index is 1160. The number of benzene rings is 3. The Kier molecular flexibility index (Phi) is 7.44. The number of para-hydroxylation sites is 2. The van der Waals surface area contributed by atoms with E-state index in [0.29, 0.717) is 23.3 Å². The third kappa shape index (κ3) is 6.27. The van der Waals surface area contributed by atoms with Crippen molar-refractivity contribution in [3.63, 3.8) is 0 Å². The van der Waals surface area contributed by atoms with Crippen molar-refractivity contribution in [2.75, 3.05) is 16.1 Å². The summed E-state index contributed by atoms with van der Waals surface area (Å²) in [5.41, 5.74) is 5.14. The molecule has 1 heterocycles. The van der Waals surface area contributed by atoms with Crippen LogP contribution in [0.3, 0.4) is 0 Å². The summed E-state index contributed by atoms with van der Waals surface area (Å²) in [6, 6.07) is 25.1. The average molecular weight is 461 g/mol. The van der Waals surface area contributed by atoms with Gasteiger partial charge in [-0.25, -0.2) is 14.9 Å². The van der Waals surface area contributed by atoms with Crippen LogP contribution in [-0.4, -0.2) is 33.1 Å². The molecule has 0 atom stereocenters. The SMILES string of the molecule is O=C(CCSc1n[nH]c(N/N=C/c2ccc(F)cc2)n1)N(c1ccccc1)c1ccccc1. The number of hydrogen-bond donors (Lipinski definition) is 2. The predicted molar refractivity (Wildman–Crippen MR) is 129 cm³/mol. The van der Waals surface area contributed by atoms with Gasteiger partial charge >= 0.3 is 0 Å². The van der Waals surface area contributed by atoms with Crippen molar-refractivity contribution in [3.8, 4) is 0 Å². The number of H-pyrrole nitrogens is 1. The van der Waals surface area contributed by atoms with Crippen LogP contribution >= 0.6 is 11.8 Å². The Hall–Kier alpha value is -3.98. The molecule has 0 radical (unpaired) electrons. The summed E-state index contributed by atoms with van der Waals surface area (Å²) >= 11 is 1.37. The largest absolute Gasteiger partial charge is 0.281 e. The van der Waals surface area contributed by atoms with Gasteiger partial charge in [0, 0.05) is 23.5 Å². The van der Waals surface area contributed by atoms with Crippen molar-refractivity contribution < 1.29 is 9.18 Å². The number of hydrogen-bond acceptors (Lipinski definition) is 6. The maximum absolute atomic E-state index is 13.0. The van der Waals surface area contributed by atoms with Gasteiger partial charge in [0.1, 0.15) is 5.82 Å². The maximum Gasteiger partial charge on any atom is 0.240 e. The summed E-state index contributed by atoms with van der Waals surface area (Å²) in [6.45, 7) is 0. The number of nitrogens with zero attached hydrogens (tertiary/aromatic N) is 4. The molecule has 0 unspecified atom stereocenters. The van der Waals surface area contributed by atoms with E-state index < -0.39 is 0 Å². The second-order valence-electron chi connectivity index (χ2n) is 6.89. The molecule has 0 saturated heterocycles. The molecule has 0 fully saturated rings. The number of halogens is 1. The Morgan fingerprint density at radius 1 is 1.00 bits per heavy atom. The van der Waals surface area contributed by atoms with Crippen LogP contribution in [0.1, 0.15) is 12.0 Å². The van der Waals surface area contributed by atoms with E-state index >= 15 is 0 Å². The lowest BCUT2D eigenvalue weighted by Gasteiger charge is -2.23. The second kappa shape index (κ2) is 11.1. The van der Waals surface area contributed by atoms with E-state index in [1.807, 2.05) is 60.7 Å². The van der Waals surface area contributed by atoms with E-state index in [0.717, 1.165) is 16.9 Å². The third-order valence-electron chi connectivity index (χ3n) is 4.54. The molecule has 3 aromatic carbocycles. The molecule has 0 saturated carbocycles. The van der Waals surface area contributed by atoms with Gasteiger partial charge in [0.2, 0.25) is 17.0 Å². The van der Waals surface area contributed by atoms with Crippen molar-refractivity contribution in [1.82, 2.24) is 15.2 Å². The first-order chi connectivity index (χ1) is 16.2. The van der Waals surface area contributed by atoms with Crippen molar-refractivity contribution in [1.29, 1.82) is 0 Å². The molecule has 166 valence electrons. The number of hydrazone groups is 1. The molecule has 4 rings (SSSR count). The summed E-state index contributed by atoms with van der Waals surface area (Å²) < 4.78 is 12.9. The molecule has 1 aromatic heterocycles. The van der Waals surface area contributed by atoms with Gasteiger partial charge in [-0.2, -0.15) is 10.1 Å². The highest BCUT2D eigenvalue weighted by atomic mass is 32.2. The summed E-state index contributed by atoms with van der Waals surface area (Å²) in [7, 11) is 0. The molecule has 2 N–H and O–H groups in total. The van der Waals surface area contributed by atoms with Gasteiger partial charge in [0.25, 0.3) is 0 Å². The van der Waals surface area contributed by atoms with E-state index in [9.17, 15) is 9.18 Å². The molecule has 0 aliphatic carbocycles. The number of aromatic amines is 1. The highest BCUT2D eigenvalue weighted by Crippen LogP contribution is 2.26. The molecule has 1 amide bonds. The fourth-order valence-electron chi connectivity index (χ4n) is 3.01. The lowest BCUT2D eigenvalue weighted by Crippen LogP contribution is -2.26. The average Bonchev–Trinajstić information content (AvgIpc) is 3.29. The Morgan fingerprint density at radius 2 is 1.64 bits per heavy atom.